The topological polar surface area (TPSA) is 93.2 Å². The van der Waals surface area contributed by atoms with Crippen LogP contribution in [0.15, 0.2) is 0 Å². The maximum atomic E-state index is 13.1. The van der Waals surface area contributed by atoms with Gasteiger partial charge in [0.1, 0.15) is 12.5 Å². The Hall–Kier alpha value is -1.80. The van der Waals surface area contributed by atoms with E-state index in [1.807, 2.05) is 0 Å². The molecule has 0 aromatic carbocycles. The van der Waals surface area contributed by atoms with Crippen LogP contribution in [0.2, 0.25) is 0 Å². The number of likely N-dealkylation sites (tertiary alicyclic amines) is 2. The van der Waals surface area contributed by atoms with Crippen LogP contribution in [0, 0.1) is 70.0 Å². The minimum Gasteiger partial charge on any atom is -0.354 e. The van der Waals surface area contributed by atoms with Crippen LogP contribution in [-0.4, -0.2) is 58.1 Å². The van der Waals surface area contributed by atoms with Crippen LogP contribution in [-0.2, 0) is 28.7 Å². The summed E-state index contributed by atoms with van der Waals surface area (Å²) in [6.45, 7) is 4.79. The van der Waals surface area contributed by atoms with E-state index in [2.05, 4.69) is 13.8 Å². The van der Waals surface area contributed by atoms with Gasteiger partial charge < -0.3 is 9.47 Å². The molecule has 10 fully saturated rings. The van der Waals surface area contributed by atoms with E-state index in [1.54, 1.807) is 9.80 Å². The monoisotopic (exact) mass is 520 g/mol. The first-order valence-electron chi connectivity index (χ1n) is 15.3. The van der Waals surface area contributed by atoms with Gasteiger partial charge in [0.15, 0.2) is 0 Å². The third kappa shape index (κ3) is 1.97. The number of fused-ring (bicyclic) bond motifs is 4. The lowest BCUT2D eigenvalue weighted by atomic mass is 9.60. The molecule has 0 spiro atoms. The van der Waals surface area contributed by atoms with E-state index < -0.39 is 12.5 Å². The molecule has 10 rings (SSSR count). The van der Waals surface area contributed by atoms with Crippen molar-refractivity contribution in [1.29, 1.82) is 0 Å². The van der Waals surface area contributed by atoms with Crippen LogP contribution in [0.25, 0.3) is 0 Å². The van der Waals surface area contributed by atoms with E-state index in [9.17, 15) is 19.2 Å². The molecular formula is C30H36N2O6. The van der Waals surface area contributed by atoms with Gasteiger partial charge in [0.2, 0.25) is 23.6 Å². The highest BCUT2D eigenvalue weighted by molar-refractivity contribution is 6.02. The molecule has 6 aliphatic carbocycles. The van der Waals surface area contributed by atoms with Crippen molar-refractivity contribution in [2.24, 2.45) is 70.0 Å². The molecule has 4 heterocycles. The van der Waals surface area contributed by atoms with Gasteiger partial charge in [0.05, 0.1) is 12.2 Å². The summed E-state index contributed by atoms with van der Waals surface area (Å²) in [6, 6.07) is 0. The molecule has 0 aromatic rings. The molecule has 8 heteroatoms. The van der Waals surface area contributed by atoms with Crippen molar-refractivity contribution in [1.82, 2.24) is 9.80 Å². The Morgan fingerprint density at radius 3 is 1.29 bits per heavy atom. The van der Waals surface area contributed by atoms with Gasteiger partial charge in [-0.15, -0.1) is 0 Å². The average Bonchev–Trinajstić information content (AvgIpc) is 3.70. The lowest BCUT2D eigenvalue weighted by molar-refractivity contribution is -0.241. The van der Waals surface area contributed by atoms with Crippen LogP contribution < -0.4 is 0 Å². The number of imide groups is 2. The first kappa shape index (κ1) is 22.0. The number of amides is 4. The predicted octanol–water partition coefficient (Wildman–Crippen LogP) is 2.55. The summed E-state index contributed by atoms with van der Waals surface area (Å²) in [5.41, 5.74) is -0.479. The van der Waals surface area contributed by atoms with Crippen molar-refractivity contribution in [3.8, 4) is 0 Å². The standard InChI is InChI=1S/C30H36N2O6/c1-29-23-11-3-5-14-20(11)26-21(23)22-24(30(26,2)28(38-14)32-17(35)9-10-18(32)36)12-4-6-13(19(12)25(22)29)37-27(29)31-15(33)7-8-16(31)34/h11-14,19-28H,3-10H2,1-2H3/t11-,12-,13+,14+,19-,20-,21-,22+,23-,24-,25-,26-,27+,28+,29+,30+/m1/s1. The Morgan fingerprint density at radius 1 is 0.553 bits per heavy atom. The van der Waals surface area contributed by atoms with Crippen LogP contribution in [0.5, 0.6) is 0 Å². The van der Waals surface area contributed by atoms with Crippen molar-refractivity contribution in [2.45, 2.75) is 89.9 Å². The van der Waals surface area contributed by atoms with E-state index in [4.69, 9.17) is 9.47 Å². The van der Waals surface area contributed by atoms with E-state index in [0.717, 1.165) is 25.7 Å². The molecule has 0 unspecified atom stereocenters. The molecule has 0 N–H and O–H groups in total. The lowest BCUT2D eigenvalue weighted by Crippen LogP contribution is -2.62. The van der Waals surface area contributed by atoms with E-state index in [-0.39, 0.29) is 46.7 Å². The number of ether oxygens (including phenoxy) is 2. The fraction of sp³-hybridized carbons (Fsp3) is 0.867. The van der Waals surface area contributed by atoms with Gasteiger partial charge in [-0.3, -0.25) is 29.0 Å². The summed E-state index contributed by atoms with van der Waals surface area (Å²) in [4.78, 5) is 55.7. The molecule has 0 radical (unpaired) electrons. The van der Waals surface area contributed by atoms with Gasteiger partial charge in [0, 0.05) is 36.5 Å². The molecule has 4 saturated heterocycles. The number of hydrogen-bond donors (Lipinski definition) is 0. The molecule has 4 aliphatic heterocycles. The summed E-state index contributed by atoms with van der Waals surface area (Å²) < 4.78 is 14.0. The highest BCUT2D eigenvalue weighted by atomic mass is 16.5. The van der Waals surface area contributed by atoms with Crippen molar-refractivity contribution in [2.75, 3.05) is 0 Å². The van der Waals surface area contributed by atoms with Crippen LogP contribution in [0.3, 0.4) is 0 Å². The smallest absolute Gasteiger partial charge is 0.231 e. The van der Waals surface area contributed by atoms with Gasteiger partial charge in [-0.2, -0.15) is 0 Å². The molecule has 38 heavy (non-hydrogen) atoms. The second kappa shape index (κ2) is 6.40. The summed E-state index contributed by atoms with van der Waals surface area (Å²) in [5.74, 6) is 4.27. The van der Waals surface area contributed by atoms with Gasteiger partial charge in [-0.1, -0.05) is 13.8 Å². The Kier molecular flexibility index (Phi) is 3.70. The first-order chi connectivity index (χ1) is 18.3. The third-order valence-corrected chi connectivity index (χ3v) is 14.5. The number of nitrogens with zero attached hydrogens (tertiary/aromatic N) is 2. The fourth-order valence-electron chi connectivity index (χ4n) is 14.2. The highest BCUT2D eigenvalue weighted by Crippen LogP contribution is 2.88. The second-order valence-corrected chi connectivity index (χ2v) is 15.0. The van der Waals surface area contributed by atoms with Gasteiger partial charge >= 0.3 is 0 Å². The average molecular weight is 521 g/mol. The van der Waals surface area contributed by atoms with E-state index in [1.165, 1.54) is 0 Å². The largest absolute Gasteiger partial charge is 0.354 e. The Morgan fingerprint density at radius 2 is 0.921 bits per heavy atom. The summed E-state index contributed by atoms with van der Waals surface area (Å²) >= 11 is 0. The Bertz CT molecular complexity index is 1120. The van der Waals surface area contributed by atoms with Crippen LogP contribution in [0.4, 0.5) is 0 Å². The zero-order chi connectivity index (χ0) is 25.6. The maximum absolute atomic E-state index is 13.1. The van der Waals surface area contributed by atoms with Gasteiger partial charge in [-0.05, 0) is 84.9 Å². The van der Waals surface area contributed by atoms with Crippen molar-refractivity contribution < 1.29 is 28.7 Å². The molecule has 16 atom stereocenters. The third-order valence-electron chi connectivity index (χ3n) is 14.5. The zero-order valence-electron chi connectivity index (χ0n) is 22.1. The SMILES string of the molecule is C[C@]12[C@H]3[C@@H]4[C@@H]5[C@H]6[C@@H]7[C@@H](CC[C@@H]7O[C@H](N7C(=O)CCC7=O)[C@@]6(C)[C@@H]4[C@@H]4CC[C@H](O[C@@H]1N1C(=O)CCC1=O)[C@@H]43)[C@H]52. The quantitative estimate of drug-likeness (QED) is 0.520. The molecular weight excluding hydrogens is 484 g/mol. The van der Waals surface area contributed by atoms with Crippen molar-refractivity contribution in [3.05, 3.63) is 0 Å². The normalized spacial score (nSPS) is 62.3. The van der Waals surface area contributed by atoms with Crippen molar-refractivity contribution in [3.63, 3.8) is 0 Å². The van der Waals surface area contributed by atoms with Gasteiger partial charge in [-0.25, -0.2) is 0 Å². The molecule has 202 valence electrons. The molecule has 8 nitrogen and oxygen atoms in total. The van der Waals surface area contributed by atoms with Gasteiger partial charge in [0.25, 0.3) is 0 Å². The lowest BCUT2D eigenvalue weighted by Gasteiger charge is -2.55. The summed E-state index contributed by atoms with van der Waals surface area (Å²) in [5, 5.41) is 0. The van der Waals surface area contributed by atoms with Crippen LogP contribution in [0.1, 0.15) is 65.2 Å². The fourth-order valence-corrected chi connectivity index (χ4v) is 14.2. The number of rotatable bonds is 2. The number of carbonyl (C=O) groups is 4. The summed E-state index contributed by atoms with van der Waals surface area (Å²) in [6.07, 6.45) is 4.59. The minimum atomic E-state index is -0.451. The molecule has 0 bridgehead atoms. The summed E-state index contributed by atoms with van der Waals surface area (Å²) in [7, 11) is 0. The molecule has 6 saturated carbocycles. The number of carbonyl (C=O) groups excluding carboxylic acids is 4. The van der Waals surface area contributed by atoms with Crippen molar-refractivity contribution >= 4 is 23.6 Å². The molecule has 4 amide bonds. The predicted molar refractivity (Wildman–Crippen MR) is 129 cm³/mol. The highest BCUT2D eigenvalue weighted by Gasteiger charge is 2.88. The first-order valence-corrected chi connectivity index (χ1v) is 15.3. The number of hydrogen-bond acceptors (Lipinski definition) is 6. The second-order valence-electron chi connectivity index (χ2n) is 15.0. The molecule has 0 aromatic heterocycles. The van der Waals surface area contributed by atoms with E-state index in [0.29, 0.717) is 84.9 Å². The maximum Gasteiger partial charge on any atom is 0.231 e. The minimum absolute atomic E-state index is 0.0557. The zero-order valence-corrected chi connectivity index (χ0v) is 22.1. The van der Waals surface area contributed by atoms with Crippen LogP contribution >= 0.6 is 0 Å². The Balaban J connectivity index is 1.19. The molecule has 10 aliphatic rings. The Labute approximate surface area is 222 Å². The van der Waals surface area contributed by atoms with E-state index >= 15 is 0 Å².